The molecular formula is C24H27FN2O4. The van der Waals surface area contributed by atoms with Crippen molar-refractivity contribution >= 4 is 10.9 Å². The average molecular weight is 426 g/mol. The van der Waals surface area contributed by atoms with Gasteiger partial charge >= 0.3 is 0 Å². The van der Waals surface area contributed by atoms with E-state index >= 15 is 0 Å². The quantitative estimate of drug-likeness (QED) is 0.464. The maximum atomic E-state index is 13.5. The number of nitrogens with zero attached hydrogens (tertiary/aromatic N) is 2. The van der Waals surface area contributed by atoms with Crippen LogP contribution in [0.2, 0.25) is 0 Å². The van der Waals surface area contributed by atoms with Crippen LogP contribution in [-0.4, -0.2) is 56.4 Å². The molecule has 2 aromatic carbocycles. The van der Waals surface area contributed by atoms with Gasteiger partial charge in [0.1, 0.15) is 17.3 Å². The Bertz CT molecular complexity index is 1010. The highest BCUT2D eigenvalue weighted by atomic mass is 19.1. The first-order chi connectivity index (χ1) is 15.2. The van der Waals surface area contributed by atoms with Gasteiger partial charge in [-0.15, -0.1) is 0 Å². The van der Waals surface area contributed by atoms with Gasteiger partial charge in [0.25, 0.3) is 0 Å². The number of fused-ring (bicyclic) bond motifs is 1. The molecule has 0 saturated carbocycles. The molecule has 0 spiro atoms. The number of rotatable bonds is 9. The second kappa shape index (κ2) is 10.4. The minimum absolute atomic E-state index is 0.349. The summed E-state index contributed by atoms with van der Waals surface area (Å²) in [5, 5.41) is 0.767. The third-order valence-electron chi connectivity index (χ3n) is 5.24. The zero-order valence-corrected chi connectivity index (χ0v) is 17.7. The number of methoxy groups -OCH3 is 1. The average Bonchev–Trinajstić information content (AvgIpc) is 2.79. The van der Waals surface area contributed by atoms with Crippen molar-refractivity contribution in [2.45, 2.75) is 12.8 Å². The van der Waals surface area contributed by atoms with E-state index < -0.39 is 0 Å². The van der Waals surface area contributed by atoms with Gasteiger partial charge in [0, 0.05) is 36.8 Å². The Morgan fingerprint density at radius 1 is 1.03 bits per heavy atom. The smallest absolute Gasteiger partial charge is 0.163 e. The van der Waals surface area contributed by atoms with Crippen LogP contribution in [0.3, 0.4) is 0 Å². The first-order valence-corrected chi connectivity index (χ1v) is 10.6. The summed E-state index contributed by atoms with van der Waals surface area (Å²) in [6.07, 6.45) is 3.68. The van der Waals surface area contributed by atoms with E-state index in [4.69, 9.17) is 18.9 Å². The lowest BCUT2D eigenvalue weighted by molar-refractivity contribution is 0.0368. The SMILES string of the molecule is COc1cc2c(Oc3cccc(F)c3)ccnc2cc1OCCCCN1CCOCC1. The van der Waals surface area contributed by atoms with Crippen molar-refractivity contribution < 1.29 is 23.3 Å². The van der Waals surface area contributed by atoms with Gasteiger partial charge in [0.15, 0.2) is 11.5 Å². The minimum Gasteiger partial charge on any atom is -0.493 e. The molecule has 4 rings (SSSR count). The zero-order chi connectivity index (χ0) is 21.5. The van der Waals surface area contributed by atoms with Crippen LogP contribution >= 0.6 is 0 Å². The van der Waals surface area contributed by atoms with Crippen LogP contribution in [0.1, 0.15) is 12.8 Å². The predicted molar refractivity (Wildman–Crippen MR) is 117 cm³/mol. The van der Waals surface area contributed by atoms with Crippen molar-refractivity contribution in [3.63, 3.8) is 0 Å². The van der Waals surface area contributed by atoms with Crippen LogP contribution in [-0.2, 0) is 4.74 Å². The number of halogens is 1. The second-order valence-electron chi connectivity index (χ2n) is 7.40. The lowest BCUT2D eigenvalue weighted by atomic mass is 10.1. The summed E-state index contributed by atoms with van der Waals surface area (Å²) in [6.45, 7) is 5.32. The summed E-state index contributed by atoms with van der Waals surface area (Å²) in [5.41, 5.74) is 0.720. The monoisotopic (exact) mass is 426 g/mol. The van der Waals surface area contributed by atoms with E-state index in [0.717, 1.165) is 56.6 Å². The Balaban J connectivity index is 1.42. The van der Waals surface area contributed by atoms with Crippen molar-refractivity contribution in [2.75, 3.05) is 46.6 Å². The highest BCUT2D eigenvalue weighted by molar-refractivity contribution is 5.88. The molecule has 31 heavy (non-hydrogen) atoms. The van der Waals surface area contributed by atoms with Crippen LogP contribution in [0.25, 0.3) is 10.9 Å². The number of morpholine rings is 1. The van der Waals surface area contributed by atoms with Crippen molar-refractivity contribution in [1.29, 1.82) is 0 Å². The largest absolute Gasteiger partial charge is 0.493 e. The maximum Gasteiger partial charge on any atom is 0.163 e. The van der Waals surface area contributed by atoms with Crippen LogP contribution in [0.15, 0.2) is 48.7 Å². The molecule has 0 unspecified atom stereocenters. The molecule has 0 radical (unpaired) electrons. The summed E-state index contributed by atoms with van der Waals surface area (Å²) >= 11 is 0. The van der Waals surface area contributed by atoms with Crippen molar-refractivity contribution in [3.05, 3.63) is 54.5 Å². The molecule has 1 saturated heterocycles. The first kappa shape index (κ1) is 21.3. The molecule has 1 aromatic heterocycles. The van der Waals surface area contributed by atoms with Gasteiger partial charge in [0.2, 0.25) is 0 Å². The topological polar surface area (TPSA) is 53.0 Å². The molecule has 0 N–H and O–H groups in total. The third-order valence-corrected chi connectivity index (χ3v) is 5.24. The Kier molecular flexibility index (Phi) is 7.17. The Labute approximate surface area is 181 Å². The Morgan fingerprint density at radius 2 is 1.90 bits per heavy atom. The normalized spacial score (nSPS) is 14.5. The van der Waals surface area contributed by atoms with Crippen LogP contribution in [0.5, 0.6) is 23.0 Å². The van der Waals surface area contributed by atoms with Crippen LogP contribution in [0.4, 0.5) is 4.39 Å². The van der Waals surface area contributed by atoms with Gasteiger partial charge in [-0.1, -0.05) is 6.07 Å². The second-order valence-corrected chi connectivity index (χ2v) is 7.40. The first-order valence-electron chi connectivity index (χ1n) is 10.6. The fourth-order valence-corrected chi connectivity index (χ4v) is 3.59. The number of hydrogen-bond donors (Lipinski definition) is 0. The fourth-order valence-electron chi connectivity index (χ4n) is 3.59. The van der Waals surface area contributed by atoms with Crippen LogP contribution < -0.4 is 14.2 Å². The molecule has 2 heterocycles. The van der Waals surface area contributed by atoms with Gasteiger partial charge < -0.3 is 18.9 Å². The number of aromatic nitrogens is 1. The number of pyridine rings is 1. The minimum atomic E-state index is -0.349. The predicted octanol–water partition coefficient (Wildman–Crippen LogP) is 4.67. The molecule has 0 aliphatic carbocycles. The highest BCUT2D eigenvalue weighted by Gasteiger charge is 2.13. The van der Waals surface area contributed by atoms with Gasteiger partial charge in [-0.25, -0.2) is 4.39 Å². The number of hydrogen-bond acceptors (Lipinski definition) is 6. The van der Waals surface area contributed by atoms with Crippen LogP contribution in [0, 0.1) is 5.82 Å². The summed E-state index contributed by atoms with van der Waals surface area (Å²) in [6, 6.07) is 11.5. The number of unbranched alkanes of at least 4 members (excludes halogenated alkanes) is 1. The molecule has 3 aromatic rings. The molecule has 0 amide bonds. The Hall–Kier alpha value is -2.90. The van der Waals surface area contributed by atoms with E-state index in [2.05, 4.69) is 9.88 Å². The van der Waals surface area contributed by atoms with E-state index in [1.165, 1.54) is 12.1 Å². The van der Waals surface area contributed by atoms with Crippen molar-refractivity contribution in [3.8, 4) is 23.0 Å². The molecular weight excluding hydrogens is 399 g/mol. The summed E-state index contributed by atoms with van der Waals surface area (Å²) in [7, 11) is 1.61. The third kappa shape index (κ3) is 5.62. The van der Waals surface area contributed by atoms with Gasteiger partial charge in [0.05, 0.1) is 32.4 Å². The summed E-state index contributed by atoms with van der Waals surface area (Å²) in [4.78, 5) is 6.86. The van der Waals surface area contributed by atoms with Gasteiger partial charge in [-0.3, -0.25) is 9.88 Å². The summed E-state index contributed by atoms with van der Waals surface area (Å²) < 4.78 is 36.3. The molecule has 1 aliphatic heterocycles. The molecule has 6 nitrogen and oxygen atoms in total. The standard InChI is InChI=1S/C24H27FN2O4/c1-28-23-16-20-21(26-8-7-22(20)31-19-6-4-5-18(25)15-19)17-24(23)30-12-3-2-9-27-10-13-29-14-11-27/h4-8,15-17H,2-3,9-14H2,1H3. The van der Waals surface area contributed by atoms with E-state index in [1.807, 2.05) is 12.1 Å². The van der Waals surface area contributed by atoms with E-state index in [-0.39, 0.29) is 5.82 Å². The van der Waals surface area contributed by atoms with E-state index in [1.54, 1.807) is 31.5 Å². The molecule has 1 fully saturated rings. The molecule has 7 heteroatoms. The molecule has 0 atom stereocenters. The Morgan fingerprint density at radius 3 is 2.71 bits per heavy atom. The highest BCUT2D eigenvalue weighted by Crippen LogP contribution is 2.37. The summed E-state index contributed by atoms with van der Waals surface area (Å²) in [5.74, 6) is 1.91. The zero-order valence-electron chi connectivity index (χ0n) is 17.7. The fraction of sp³-hybridized carbons (Fsp3) is 0.375. The van der Waals surface area contributed by atoms with Gasteiger partial charge in [-0.2, -0.15) is 0 Å². The lowest BCUT2D eigenvalue weighted by Crippen LogP contribution is -2.36. The molecule has 164 valence electrons. The lowest BCUT2D eigenvalue weighted by Gasteiger charge is -2.26. The number of ether oxygens (including phenoxy) is 4. The molecule has 0 bridgehead atoms. The van der Waals surface area contributed by atoms with E-state index in [9.17, 15) is 4.39 Å². The molecule has 1 aliphatic rings. The van der Waals surface area contributed by atoms with Gasteiger partial charge in [-0.05, 0) is 43.7 Å². The van der Waals surface area contributed by atoms with Crippen molar-refractivity contribution in [1.82, 2.24) is 9.88 Å². The van der Waals surface area contributed by atoms with Crippen molar-refractivity contribution in [2.24, 2.45) is 0 Å². The maximum absolute atomic E-state index is 13.5. The van der Waals surface area contributed by atoms with E-state index in [0.29, 0.717) is 29.6 Å². The number of benzene rings is 2.